The van der Waals surface area contributed by atoms with E-state index >= 15 is 0 Å². The number of carbonyl (C=O) groups excluding carboxylic acids is 1. The van der Waals surface area contributed by atoms with Gasteiger partial charge in [-0.15, -0.1) is 0 Å². The third kappa shape index (κ3) is 4.04. The van der Waals surface area contributed by atoms with Gasteiger partial charge >= 0.3 is 0 Å². The molecular weight excluding hydrogens is 382 g/mol. The molecule has 1 atom stereocenters. The van der Waals surface area contributed by atoms with Crippen LogP contribution in [0.4, 0.5) is 11.5 Å². The zero-order valence-corrected chi connectivity index (χ0v) is 16.8. The molecule has 1 amide bonds. The average molecular weight is 403 g/mol. The fraction of sp³-hybridized carbons (Fsp3) is 0.190. The molecule has 0 bridgehead atoms. The van der Waals surface area contributed by atoms with E-state index < -0.39 is 0 Å². The van der Waals surface area contributed by atoms with Gasteiger partial charge in [0.2, 0.25) is 5.88 Å². The maximum atomic E-state index is 12.5. The van der Waals surface area contributed by atoms with E-state index in [9.17, 15) is 4.79 Å². The van der Waals surface area contributed by atoms with E-state index in [-0.39, 0.29) is 11.9 Å². The largest absolute Gasteiger partial charge is 0.481 e. The van der Waals surface area contributed by atoms with Gasteiger partial charge in [0.1, 0.15) is 11.3 Å². The van der Waals surface area contributed by atoms with Gasteiger partial charge in [-0.1, -0.05) is 12.1 Å². The highest BCUT2D eigenvalue weighted by Crippen LogP contribution is 2.22. The summed E-state index contributed by atoms with van der Waals surface area (Å²) in [4.78, 5) is 25.5. The van der Waals surface area contributed by atoms with E-state index in [0.717, 1.165) is 11.1 Å². The van der Waals surface area contributed by atoms with Gasteiger partial charge in [0, 0.05) is 25.0 Å². The summed E-state index contributed by atoms with van der Waals surface area (Å²) in [5.41, 5.74) is 3.59. The molecule has 0 saturated carbocycles. The Hall–Kier alpha value is -4.01. The third-order valence-corrected chi connectivity index (χ3v) is 4.66. The van der Waals surface area contributed by atoms with Crippen LogP contribution in [0.15, 0.2) is 55.0 Å². The van der Waals surface area contributed by atoms with Crippen molar-refractivity contribution >= 4 is 28.6 Å². The van der Waals surface area contributed by atoms with Gasteiger partial charge in [0.15, 0.2) is 5.65 Å². The number of methoxy groups -OCH3 is 1. The number of amides is 1. The minimum absolute atomic E-state index is 0.0514. The van der Waals surface area contributed by atoms with Crippen LogP contribution < -0.4 is 15.4 Å². The van der Waals surface area contributed by atoms with Crippen molar-refractivity contribution in [2.45, 2.75) is 13.0 Å². The highest BCUT2D eigenvalue weighted by atomic mass is 16.5. The van der Waals surface area contributed by atoms with Crippen LogP contribution >= 0.6 is 0 Å². The number of anilines is 2. The lowest BCUT2D eigenvalue weighted by molar-refractivity contribution is 0.102. The molecule has 152 valence electrons. The Balaban J connectivity index is 1.47. The number of nitrogens with one attached hydrogen (secondary N) is 2. The monoisotopic (exact) mass is 403 g/mol. The van der Waals surface area contributed by atoms with Gasteiger partial charge in [-0.2, -0.15) is 5.10 Å². The number of nitrogens with zero attached hydrogens (tertiary/aromatic N) is 5. The molecule has 0 radical (unpaired) electrons. The Labute approximate surface area is 173 Å². The molecule has 2 N–H and O–H groups in total. The first-order valence-electron chi connectivity index (χ1n) is 9.36. The van der Waals surface area contributed by atoms with Crippen LogP contribution in [0.2, 0.25) is 0 Å². The van der Waals surface area contributed by atoms with Crippen molar-refractivity contribution in [2.75, 3.05) is 17.7 Å². The molecule has 30 heavy (non-hydrogen) atoms. The van der Waals surface area contributed by atoms with Crippen LogP contribution in [0.25, 0.3) is 11.2 Å². The molecule has 9 nitrogen and oxygen atoms in total. The Bertz CT molecular complexity index is 1190. The average Bonchev–Trinajstić information content (AvgIpc) is 3.14. The van der Waals surface area contributed by atoms with E-state index in [1.807, 2.05) is 38.2 Å². The molecule has 3 aromatic heterocycles. The SMILES string of the molecule is COc1ccc(C(=O)Nc2cccc([C@H](C)Nc3cnc4cnn(C)c4n3)c2)cn1. The molecule has 9 heteroatoms. The lowest BCUT2D eigenvalue weighted by atomic mass is 10.1. The van der Waals surface area contributed by atoms with Crippen molar-refractivity contribution in [2.24, 2.45) is 7.05 Å². The Morgan fingerprint density at radius 2 is 2.00 bits per heavy atom. The lowest BCUT2D eigenvalue weighted by Crippen LogP contribution is -2.13. The number of benzene rings is 1. The number of fused-ring (bicyclic) bond motifs is 1. The summed E-state index contributed by atoms with van der Waals surface area (Å²) >= 11 is 0. The molecule has 0 aliphatic carbocycles. The first kappa shape index (κ1) is 19.3. The van der Waals surface area contributed by atoms with Crippen LogP contribution in [0.1, 0.15) is 28.9 Å². The molecule has 1 aromatic carbocycles. The van der Waals surface area contributed by atoms with E-state index in [2.05, 4.69) is 30.7 Å². The van der Waals surface area contributed by atoms with Gasteiger partial charge in [-0.3, -0.25) is 4.79 Å². The Morgan fingerprint density at radius 1 is 1.13 bits per heavy atom. The van der Waals surface area contributed by atoms with Crippen molar-refractivity contribution in [3.8, 4) is 5.88 Å². The summed E-state index contributed by atoms with van der Waals surface area (Å²) in [6.45, 7) is 2.02. The molecule has 3 heterocycles. The third-order valence-electron chi connectivity index (χ3n) is 4.66. The zero-order chi connectivity index (χ0) is 21.1. The Morgan fingerprint density at radius 3 is 2.77 bits per heavy atom. The second kappa shape index (κ2) is 8.16. The predicted octanol–water partition coefficient (Wildman–Crippen LogP) is 3.19. The molecule has 0 fully saturated rings. The standard InChI is InChI=1S/C21H21N7O2/c1-13(25-18-12-22-17-11-24-28(2)20(17)27-18)14-5-4-6-16(9-14)26-21(29)15-7-8-19(30-3)23-10-15/h4-13H,1-3H3,(H,25,27)(H,26,29)/t13-/m0/s1. The second-order valence-corrected chi connectivity index (χ2v) is 6.77. The molecule has 4 rings (SSSR count). The smallest absolute Gasteiger partial charge is 0.257 e. The molecule has 4 aromatic rings. The number of rotatable bonds is 6. The van der Waals surface area contributed by atoms with Crippen LogP contribution in [-0.4, -0.2) is 37.7 Å². The first-order chi connectivity index (χ1) is 14.5. The van der Waals surface area contributed by atoms with Crippen molar-refractivity contribution < 1.29 is 9.53 Å². The number of carbonyl (C=O) groups is 1. The molecule has 0 spiro atoms. The van der Waals surface area contributed by atoms with Gasteiger partial charge < -0.3 is 15.4 Å². The van der Waals surface area contributed by atoms with Crippen LogP contribution in [0.3, 0.4) is 0 Å². The highest BCUT2D eigenvalue weighted by Gasteiger charge is 2.11. The van der Waals surface area contributed by atoms with Gasteiger partial charge in [-0.05, 0) is 30.7 Å². The van der Waals surface area contributed by atoms with E-state index in [4.69, 9.17) is 4.74 Å². The molecule has 0 saturated heterocycles. The van der Waals surface area contributed by atoms with Crippen molar-refractivity contribution in [1.29, 1.82) is 0 Å². The number of ether oxygens (including phenoxy) is 1. The summed E-state index contributed by atoms with van der Waals surface area (Å²) in [7, 11) is 3.36. The minimum atomic E-state index is -0.240. The summed E-state index contributed by atoms with van der Waals surface area (Å²) in [5, 5.41) is 10.4. The topological polar surface area (TPSA) is 107 Å². The maximum absolute atomic E-state index is 12.5. The summed E-state index contributed by atoms with van der Waals surface area (Å²) < 4.78 is 6.70. The van der Waals surface area contributed by atoms with Crippen LogP contribution in [0, 0.1) is 0 Å². The lowest BCUT2D eigenvalue weighted by Gasteiger charge is -2.16. The van der Waals surface area contributed by atoms with Gasteiger partial charge in [0.25, 0.3) is 5.91 Å². The normalized spacial score (nSPS) is 11.8. The van der Waals surface area contributed by atoms with Crippen LogP contribution in [-0.2, 0) is 7.05 Å². The number of aryl methyl sites for hydroxylation is 1. The van der Waals surface area contributed by atoms with Gasteiger partial charge in [0.05, 0.1) is 31.1 Å². The second-order valence-electron chi connectivity index (χ2n) is 6.77. The number of hydrogen-bond acceptors (Lipinski definition) is 7. The fourth-order valence-corrected chi connectivity index (χ4v) is 3.01. The quantitative estimate of drug-likeness (QED) is 0.509. The van der Waals surface area contributed by atoms with Gasteiger partial charge in [-0.25, -0.2) is 19.6 Å². The molecule has 0 aliphatic heterocycles. The van der Waals surface area contributed by atoms with Crippen molar-refractivity contribution in [1.82, 2.24) is 24.7 Å². The Kier molecular flexibility index (Phi) is 5.25. The summed E-state index contributed by atoms with van der Waals surface area (Å²) in [6, 6.07) is 10.9. The zero-order valence-electron chi connectivity index (χ0n) is 16.8. The number of aromatic nitrogens is 5. The summed E-state index contributed by atoms with van der Waals surface area (Å²) in [5.74, 6) is 0.869. The van der Waals surface area contributed by atoms with Crippen LogP contribution in [0.5, 0.6) is 5.88 Å². The number of pyridine rings is 1. The van der Waals surface area contributed by atoms with E-state index in [0.29, 0.717) is 28.6 Å². The number of hydrogen-bond donors (Lipinski definition) is 2. The summed E-state index contributed by atoms with van der Waals surface area (Å²) in [6.07, 6.45) is 4.85. The molecule has 0 unspecified atom stereocenters. The fourth-order valence-electron chi connectivity index (χ4n) is 3.01. The first-order valence-corrected chi connectivity index (χ1v) is 9.36. The minimum Gasteiger partial charge on any atom is -0.481 e. The van der Waals surface area contributed by atoms with E-state index in [1.54, 1.807) is 29.2 Å². The predicted molar refractivity (Wildman–Crippen MR) is 114 cm³/mol. The highest BCUT2D eigenvalue weighted by molar-refractivity contribution is 6.04. The van der Waals surface area contributed by atoms with E-state index in [1.165, 1.54) is 13.3 Å². The molecule has 0 aliphatic rings. The van der Waals surface area contributed by atoms with Crippen molar-refractivity contribution in [3.05, 3.63) is 66.1 Å². The molecular formula is C21H21N7O2. The maximum Gasteiger partial charge on any atom is 0.257 e. The van der Waals surface area contributed by atoms with Crippen molar-refractivity contribution in [3.63, 3.8) is 0 Å².